The first-order valence-electron chi connectivity index (χ1n) is 12.7. The summed E-state index contributed by atoms with van der Waals surface area (Å²) >= 11 is 0. The average molecular weight is 518 g/mol. The third-order valence-corrected chi connectivity index (χ3v) is 8.07. The summed E-state index contributed by atoms with van der Waals surface area (Å²) in [6.45, 7) is 2.30. The van der Waals surface area contributed by atoms with Crippen molar-refractivity contribution < 1.29 is 31.8 Å². The number of fused-ring (bicyclic) bond motifs is 5. The zero-order valence-corrected chi connectivity index (χ0v) is 20.1. The molecule has 6 rings (SSSR count). The first kappa shape index (κ1) is 24.2. The Balaban J connectivity index is 1.22. The van der Waals surface area contributed by atoms with Crippen LogP contribution in [0.1, 0.15) is 64.7 Å². The minimum atomic E-state index is -4.79. The number of amides is 1. The molecule has 3 aliphatic rings. The van der Waals surface area contributed by atoms with Crippen molar-refractivity contribution in [3.05, 3.63) is 58.7 Å². The minimum Gasteiger partial charge on any atom is -0.406 e. The summed E-state index contributed by atoms with van der Waals surface area (Å²) in [5.41, 5.74) is 4.07. The summed E-state index contributed by atoms with van der Waals surface area (Å²) < 4.78 is 62.2. The van der Waals surface area contributed by atoms with Gasteiger partial charge in [0.1, 0.15) is 17.2 Å². The van der Waals surface area contributed by atoms with E-state index in [4.69, 9.17) is 4.74 Å². The monoisotopic (exact) mass is 517 g/mol. The van der Waals surface area contributed by atoms with Gasteiger partial charge in [0.05, 0.1) is 6.20 Å². The lowest BCUT2D eigenvalue weighted by molar-refractivity contribution is -0.274. The standard InChI is InChI=1S/C27H27F4N3O3/c28-20-13-32-25-24(23-19-9-12-36-14-17(19)3-6-21(23)33-25)22(20)15-7-10-34(11-8-15)26(35)16-1-4-18(5-2-16)37-27(29,30)31/h1-2,4-5,13,15,17,19H,3,6-12,14H2,(H,32,33)/t17-,19+/m0/s1. The fraction of sp³-hybridized carbons (Fsp3) is 0.481. The molecule has 2 fully saturated rings. The molecule has 2 atom stereocenters. The van der Waals surface area contributed by atoms with Crippen LogP contribution in [0.15, 0.2) is 30.5 Å². The van der Waals surface area contributed by atoms with E-state index in [0.717, 1.165) is 54.7 Å². The van der Waals surface area contributed by atoms with Gasteiger partial charge in [0, 0.05) is 48.5 Å². The van der Waals surface area contributed by atoms with Gasteiger partial charge >= 0.3 is 6.36 Å². The molecule has 0 radical (unpaired) electrons. The van der Waals surface area contributed by atoms with Gasteiger partial charge in [-0.05, 0) is 79.7 Å². The highest BCUT2D eigenvalue weighted by atomic mass is 19.4. The van der Waals surface area contributed by atoms with Gasteiger partial charge in [-0.3, -0.25) is 4.79 Å². The number of piperidine rings is 1. The second-order valence-corrected chi connectivity index (χ2v) is 10.2. The van der Waals surface area contributed by atoms with Crippen LogP contribution >= 0.6 is 0 Å². The predicted octanol–water partition coefficient (Wildman–Crippen LogP) is 5.69. The maximum absolute atomic E-state index is 15.4. The molecule has 6 nitrogen and oxygen atoms in total. The molecule has 10 heteroatoms. The van der Waals surface area contributed by atoms with E-state index in [9.17, 15) is 18.0 Å². The number of carbonyl (C=O) groups excluding carboxylic acids is 1. The van der Waals surface area contributed by atoms with Gasteiger partial charge in [-0.1, -0.05) is 0 Å². The van der Waals surface area contributed by atoms with Gasteiger partial charge in [0.25, 0.3) is 5.91 Å². The molecule has 37 heavy (non-hydrogen) atoms. The van der Waals surface area contributed by atoms with Gasteiger partial charge in [-0.25, -0.2) is 9.37 Å². The lowest BCUT2D eigenvalue weighted by atomic mass is 9.73. The molecule has 0 bridgehead atoms. The number of benzene rings is 1. The van der Waals surface area contributed by atoms with Crippen LogP contribution in [0.4, 0.5) is 17.6 Å². The number of aromatic nitrogens is 2. The lowest BCUT2D eigenvalue weighted by Gasteiger charge is -2.36. The predicted molar refractivity (Wildman–Crippen MR) is 127 cm³/mol. The molecule has 2 saturated heterocycles. The molecule has 0 saturated carbocycles. The van der Waals surface area contributed by atoms with Gasteiger partial charge in [0.15, 0.2) is 0 Å². The molecule has 0 spiro atoms. The van der Waals surface area contributed by atoms with E-state index in [-0.39, 0.29) is 29.0 Å². The molecule has 2 aromatic heterocycles. The number of nitrogens with one attached hydrogen (secondary N) is 1. The quantitative estimate of drug-likeness (QED) is 0.454. The van der Waals surface area contributed by atoms with Crippen molar-refractivity contribution >= 4 is 16.9 Å². The smallest absolute Gasteiger partial charge is 0.406 e. The summed E-state index contributed by atoms with van der Waals surface area (Å²) in [7, 11) is 0. The SMILES string of the molecule is O=C(c1ccc(OC(F)(F)F)cc1)N1CCC(c2c(F)cnc3[nH]c4c(c23)[C@@H]2CCOC[C@@H]2CC4)CC1. The van der Waals surface area contributed by atoms with Crippen molar-refractivity contribution in [3.8, 4) is 5.75 Å². The topological polar surface area (TPSA) is 67.5 Å². The third kappa shape index (κ3) is 4.56. The number of hydrogen-bond donors (Lipinski definition) is 1. The summed E-state index contributed by atoms with van der Waals surface area (Å²) in [6.07, 6.45) is 0.556. The Kier molecular flexibility index (Phi) is 6.09. The van der Waals surface area contributed by atoms with Gasteiger partial charge in [-0.15, -0.1) is 13.2 Å². The first-order chi connectivity index (χ1) is 17.8. The fourth-order valence-corrected chi connectivity index (χ4v) is 6.38. The Morgan fingerprint density at radius 3 is 2.57 bits per heavy atom. The number of aryl methyl sites for hydroxylation is 1. The Labute approximate surface area is 211 Å². The van der Waals surface area contributed by atoms with Crippen LogP contribution in [0.25, 0.3) is 11.0 Å². The Hall–Kier alpha value is -3.14. The summed E-state index contributed by atoms with van der Waals surface area (Å²) in [5.74, 6) is -0.239. The van der Waals surface area contributed by atoms with Crippen LogP contribution in [0.3, 0.4) is 0 Å². The number of hydrogen-bond acceptors (Lipinski definition) is 4. The molecule has 1 amide bonds. The molecule has 3 aromatic rings. The van der Waals surface area contributed by atoms with Gasteiger partial charge in [-0.2, -0.15) is 0 Å². The fourth-order valence-electron chi connectivity index (χ4n) is 6.38. The third-order valence-electron chi connectivity index (χ3n) is 8.07. The number of aromatic amines is 1. The molecule has 0 unspecified atom stereocenters. The number of rotatable bonds is 3. The highest BCUT2D eigenvalue weighted by Gasteiger charge is 2.38. The van der Waals surface area contributed by atoms with Crippen LogP contribution < -0.4 is 4.74 Å². The summed E-state index contributed by atoms with van der Waals surface area (Å²) in [4.78, 5) is 22.5. The van der Waals surface area contributed by atoms with E-state index in [1.54, 1.807) is 4.90 Å². The van der Waals surface area contributed by atoms with Crippen LogP contribution in [0.2, 0.25) is 0 Å². The van der Waals surface area contributed by atoms with E-state index < -0.39 is 6.36 Å². The number of nitrogens with zero attached hydrogens (tertiary/aromatic N) is 2. The van der Waals surface area contributed by atoms with Crippen molar-refractivity contribution in [3.63, 3.8) is 0 Å². The van der Waals surface area contributed by atoms with Crippen LogP contribution in [-0.2, 0) is 11.2 Å². The highest BCUT2D eigenvalue weighted by Crippen LogP contribution is 2.47. The number of carbonyl (C=O) groups is 1. The summed E-state index contributed by atoms with van der Waals surface area (Å²) in [5, 5.41) is 0.914. The number of ether oxygens (including phenoxy) is 2. The van der Waals surface area contributed by atoms with E-state index in [0.29, 0.717) is 49.9 Å². The maximum atomic E-state index is 15.4. The molecule has 1 aromatic carbocycles. The van der Waals surface area contributed by atoms with Gasteiger partial charge < -0.3 is 19.4 Å². The highest BCUT2D eigenvalue weighted by molar-refractivity contribution is 5.94. The Morgan fingerprint density at radius 2 is 1.84 bits per heavy atom. The van der Waals surface area contributed by atoms with E-state index in [1.807, 2.05) is 0 Å². The molecule has 4 heterocycles. The lowest BCUT2D eigenvalue weighted by Crippen LogP contribution is -2.38. The van der Waals surface area contributed by atoms with Crippen LogP contribution in [-0.4, -0.2) is 53.4 Å². The van der Waals surface area contributed by atoms with E-state index >= 15 is 4.39 Å². The maximum Gasteiger partial charge on any atom is 0.573 e. The van der Waals surface area contributed by atoms with Crippen molar-refractivity contribution in [1.82, 2.24) is 14.9 Å². The largest absolute Gasteiger partial charge is 0.573 e. The van der Waals surface area contributed by atoms with Crippen LogP contribution in [0, 0.1) is 11.7 Å². The molecule has 1 aliphatic carbocycles. The molecular formula is C27H27F4N3O3. The Bertz CT molecular complexity index is 1310. The molecule has 1 N–H and O–H groups in total. The first-order valence-corrected chi connectivity index (χ1v) is 12.7. The number of likely N-dealkylation sites (tertiary alicyclic amines) is 1. The van der Waals surface area contributed by atoms with Gasteiger partial charge in [0.2, 0.25) is 0 Å². The zero-order valence-electron chi connectivity index (χ0n) is 20.1. The van der Waals surface area contributed by atoms with Crippen molar-refractivity contribution in [2.75, 3.05) is 26.3 Å². The van der Waals surface area contributed by atoms with Crippen molar-refractivity contribution in [1.29, 1.82) is 0 Å². The normalized spacial score (nSPS) is 22.5. The number of H-pyrrole nitrogens is 1. The molecular weight excluding hydrogens is 490 g/mol. The average Bonchev–Trinajstić information content (AvgIpc) is 3.27. The zero-order chi connectivity index (χ0) is 25.7. The molecule has 2 aliphatic heterocycles. The minimum absolute atomic E-state index is 0.0581. The Morgan fingerprint density at radius 1 is 1.08 bits per heavy atom. The molecule has 196 valence electrons. The number of pyridine rings is 1. The second kappa shape index (κ2) is 9.31. The van der Waals surface area contributed by atoms with E-state index in [2.05, 4.69) is 14.7 Å². The number of halogens is 4. The number of alkyl halides is 3. The second-order valence-electron chi connectivity index (χ2n) is 10.2. The summed E-state index contributed by atoms with van der Waals surface area (Å²) in [6, 6.07) is 4.93. The van der Waals surface area contributed by atoms with Crippen molar-refractivity contribution in [2.24, 2.45) is 5.92 Å². The van der Waals surface area contributed by atoms with Crippen molar-refractivity contribution in [2.45, 2.75) is 50.3 Å². The van der Waals surface area contributed by atoms with E-state index in [1.165, 1.54) is 23.9 Å². The van der Waals surface area contributed by atoms with Crippen LogP contribution in [0.5, 0.6) is 5.75 Å².